The Morgan fingerprint density at radius 2 is 0.482 bits per heavy atom. The van der Waals surface area contributed by atoms with E-state index in [1.807, 2.05) is 0 Å². The van der Waals surface area contributed by atoms with E-state index in [0.29, 0.717) is 89.4 Å². The molecule has 12 amide bonds. The second-order valence-corrected chi connectivity index (χ2v) is 25.4. The number of H-pyrrole nitrogens is 2. The molecule has 4 aromatic carbocycles. The minimum atomic E-state index is -1.47. The first-order valence-corrected chi connectivity index (χ1v) is 34.3. The highest BCUT2D eigenvalue weighted by Crippen LogP contribution is 2.39. The maximum absolute atomic E-state index is 13.7. The summed E-state index contributed by atoms with van der Waals surface area (Å²) in [7, 11) is 0. The normalized spacial score (nSPS) is 12.3. The van der Waals surface area contributed by atoms with Crippen molar-refractivity contribution < 1.29 is 97.1 Å². The number of hydrogen-bond acceptors (Lipinski definition) is 18. The van der Waals surface area contributed by atoms with Crippen molar-refractivity contribution in [3.8, 4) is 44.5 Å². The van der Waals surface area contributed by atoms with Gasteiger partial charge in [-0.05, 0) is 145 Å². The number of aromatic nitrogens is 4. The van der Waals surface area contributed by atoms with Crippen LogP contribution in [0.25, 0.3) is 90.9 Å². The van der Waals surface area contributed by atoms with Crippen LogP contribution >= 0.6 is 0 Å². The molecular weight excluding hydrogens is 1460 g/mol. The highest BCUT2D eigenvalue weighted by Gasteiger charge is 2.28. The monoisotopic (exact) mass is 1530 g/mol. The largest absolute Gasteiger partial charge is 0.480 e. The lowest BCUT2D eigenvalue weighted by atomic mass is 10.0. The van der Waals surface area contributed by atoms with Gasteiger partial charge in [0.2, 0.25) is 47.3 Å². The first-order valence-electron chi connectivity index (χ1n) is 34.3. The van der Waals surface area contributed by atoms with Crippen LogP contribution < -0.4 is 65.5 Å². The molecule has 0 radical (unpaired) electrons. The number of carboxylic acids is 4. The Kier molecular flexibility index (Phi) is 26.8. The highest BCUT2D eigenvalue weighted by atomic mass is 16.4. The second kappa shape index (κ2) is 37.0. The predicted molar refractivity (Wildman–Crippen MR) is 402 cm³/mol. The van der Waals surface area contributed by atoms with Gasteiger partial charge in [0, 0.05) is 92.3 Å². The molecule has 9 rings (SSSR count). The fraction of sp³-hybridized carbons (Fsp3) is 0.211. The lowest BCUT2D eigenvalue weighted by Crippen LogP contribution is -2.45. The lowest BCUT2D eigenvalue weighted by Gasteiger charge is -2.14. The van der Waals surface area contributed by atoms with E-state index in [0.717, 1.165) is 0 Å². The van der Waals surface area contributed by atoms with Gasteiger partial charge in [0.25, 0.3) is 23.6 Å². The minimum Gasteiger partial charge on any atom is -0.480 e. The van der Waals surface area contributed by atoms with Gasteiger partial charge in [0.05, 0.1) is 49.0 Å². The summed E-state index contributed by atoms with van der Waals surface area (Å²) in [6.45, 7) is -2.59. The standard InChI is InChI=1S/C76H74N16O20/c77-57(93)29-25-53(73(105)106)89-61(97)33-81-69(101)41-9-1-37(2-10-41)65-45-17-19-47(85-45)66(38-3-11-42(12-4-38)70(102)82-34-62(98)90-54(74(107)108)26-30-58(78)94)49-21-23-51(87-49)68(40-7-15-44(16-8-40)72(104)84-36-64(100)92-56(76(111)112)28-32-60(80)96)52-24-22-50(88-52)67(48-20-18-46(65)86-48)39-5-13-43(14-6-39)71(103)83-35-63(99)91-55(75(109)110)27-31-59(79)95/h1-24,53-56,85,88H,25-36H2,(H2,77,93)(H2,78,94)(H2,79,95)(H2,80,96)(H,81,101)(H,82,102)(H,83,103)(H,84,104)(H,89,97)(H,90,98)(H,91,99)(H,92,100)(H,105,106)(H,107,108)(H,109,110)(H,111,112). The number of carbonyl (C=O) groups is 16. The summed E-state index contributed by atoms with van der Waals surface area (Å²) in [5.74, 6) is -15.2. The van der Waals surface area contributed by atoms with Crippen molar-refractivity contribution in [3.05, 3.63) is 166 Å². The van der Waals surface area contributed by atoms with Gasteiger partial charge in [0.15, 0.2) is 0 Å². The average molecular weight is 1530 g/mol. The summed E-state index contributed by atoms with van der Waals surface area (Å²) in [6, 6.07) is 25.9. The Morgan fingerprint density at radius 1 is 0.295 bits per heavy atom. The maximum Gasteiger partial charge on any atom is 0.326 e. The van der Waals surface area contributed by atoms with E-state index in [1.165, 1.54) is 48.5 Å². The van der Waals surface area contributed by atoms with Crippen LogP contribution in [0.2, 0.25) is 0 Å². The topological polar surface area (TPSA) is 612 Å². The van der Waals surface area contributed by atoms with Crippen molar-refractivity contribution in [2.75, 3.05) is 26.2 Å². The summed E-state index contributed by atoms with van der Waals surface area (Å²) in [5.41, 5.74) is 27.8. The number of nitrogens with two attached hydrogens (primary N) is 4. The summed E-state index contributed by atoms with van der Waals surface area (Å²) >= 11 is 0. The molecule has 4 unspecified atom stereocenters. The predicted octanol–water partition coefficient (Wildman–Crippen LogP) is 1.58. The maximum atomic E-state index is 13.7. The third kappa shape index (κ3) is 21.6. The molecule has 112 heavy (non-hydrogen) atoms. The Labute approximate surface area is 633 Å². The molecule has 0 saturated carbocycles. The van der Waals surface area contributed by atoms with E-state index in [2.05, 4.69) is 52.5 Å². The summed E-state index contributed by atoms with van der Waals surface area (Å²) < 4.78 is 0. The van der Waals surface area contributed by atoms with Crippen LogP contribution in [0.4, 0.5) is 0 Å². The van der Waals surface area contributed by atoms with Crippen molar-refractivity contribution in [1.82, 2.24) is 62.5 Å². The molecule has 2 aliphatic rings. The number of benzene rings is 4. The number of carbonyl (C=O) groups excluding carboxylic acids is 12. The summed E-state index contributed by atoms with van der Waals surface area (Å²) in [4.78, 5) is 217. The molecule has 36 nitrogen and oxygen atoms in total. The first-order chi connectivity index (χ1) is 53.4. The number of amides is 12. The molecule has 22 N–H and O–H groups in total. The smallest absolute Gasteiger partial charge is 0.326 e. The van der Waals surface area contributed by atoms with Crippen LogP contribution in [0.1, 0.15) is 116 Å². The van der Waals surface area contributed by atoms with E-state index < -0.39 is 145 Å². The fourth-order valence-electron chi connectivity index (χ4n) is 11.8. The number of aromatic amines is 2. The number of rotatable bonds is 36. The van der Waals surface area contributed by atoms with Crippen LogP contribution in [0.15, 0.2) is 121 Å². The van der Waals surface area contributed by atoms with Crippen LogP contribution in [0, 0.1) is 0 Å². The van der Waals surface area contributed by atoms with E-state index in [9.17, 15) is 97.1 Å². The van der Waals surface area contributed by atoms with Gasteiger partial charge in [-0.1, -0.05) is 48.5 Å². The Balaban J connectivity index is 1.18. The third-order valence-electron chi connectivity index (χ3n) is 17.4. The van der Waals surface area contributed by atoms with E-state index in [-0.39, 0.29) is 73.6 Å². The summed E-state index contributed by atoms with van der Waals surface area (Å²) in [5, 5.41) is 57.4. The second-order valence-electron chi connectivity index (χ2n) is 25.4. The molecule has 8 bridgehead atoms. The van der Waals surface area contributed by atoms with Gasteiger partial charge in [-0.2, -0.15) is 0 Å². The number of nitrogens with one attached hydrogen (secondary N) is 10. The Bertz CT molecular complexity index is 4560. The molecule has 2 aliphatic heterocycles. The van der Waals surface area contributed by atoms with E-state index >= 15 is 0 Å². The van der Waals surface area contributed by atoms with Gasteiger partial charge in [-0.25, -0.2) is 29.1 Å². The fourth-order valence-corrected chi connectivity index (χ4v) is 11.8. The van der Waals surface area contributed by atoms with Crippen molar-refractivity contribution >= 4 is 141 Å². The zero-order valence-corrected chi connectivity index (χ0v) is 59.2. The van der Waals surface area contributed by atoms with Crippen LogP contribution in [-0.2, 0) is 57.5 Å². The van der Waals surface area contributed by atoms with Gasteiger partial charge in [-0.15, -0.1) is 0 Å². The molecule has 3 aromatic heterocycles. The van der Waals surface area contributed by atoms with Gasteiger partial charge >= 0.3 is 23.9 Å². The Morgan fingerprint density at radius 3 is 0.652 bits per heavy atom. The number of hydrogen-bond donors (Lipinski definition) is 18. The molecular formula is C76H74N16O20. The third-order valence-corrected chi connectivity index (χ3v) is 17.4. The van der Waals surface area contributed by atoms with Crippen molar-refractivity contribution in [2.24, 2.45) is 22.9 Å². The van der Waals surface area contributed by atoms with E-state index in [4.69, 9.17) is 32.9 Å². The zero-order valence-electron chi connectivity index (χ0n) is 59.2. The average Bonchev–Trinajstić information content (AvgIpc) is 1.62. The molecule has 0 fully saturated rings. The van der Waals surface area contributed by atoms with Crippen LogP contribution in [0.3, 0.4) is 0 Å². The Hall–Kier alpha value is -15.0. The lowest BCUT2D eigenvalue weighted by molar-refractivity contribution is -0.142. The number of carboxylic acid groups (broad SMARTS) is 4. The molecule has 36 heteroatoms. The molecule has 7 aromatic rings. The molecule has 0 aliphatic carbocycles. The van der Waals surface area contributed by atoms with Gasteiger partial charge in [-0.3, -0.25) is 57.5 Å². The zero-order chi connectivity index (χ0) is 81.0. The number of nitrogens with zero attached hydrogens (tertiary/aromatic N) is 2. The number of fused-ring (bicyclic) bond motifs is 8. The highest BCUT2D eigenvalue weighted by molar-refractivity contribution is 6.05. The quantitative estimate of drug-likeness (QED) is 0.0265. The molecule has 578 valence electrons. The van der Waals surface area contributed by atoms with Crippen molar-refractivity contribution in [2.45, 2.75) is 75.5 Å². The van der Waals surface area contributed by atoms with Crippen molar-refractivity contribution in [3.63, 3.8) is 0 Å². The molecule has 0 spiro atoms. The number of primary amides is 4. The van der Waals surface area contributed by atoms with Crippen LogP contribution in [-0.4, -0.2) is 185 Å². The van der Waals surface area contributed by atoms with Crippen LogP contribution in [0.5, 0.6) is 0 Å². The van der Waals surface area contributed by atoms with Gasteiger partial charge < -0.3 is 95.9 Å². The minimum absolute atomic E-state index is 0.0713. The molecule has 5 heterocycles. The molecule has 0 saturated heterocycles. The summed E-state index contributed by atoms with van der Waals surface area (Å²) in [6.07, 6.45) is 4.42. The number of aliphatic carboxylic acids is 4. The molecule has 4 atom stereocenters. The van der Waals surface area contributed by atoms with Gasteiger partial charge in [0.1, 0.15) is 24.2 Å². The SMILES string of the molecule is NC(=O)CCC(NC(=O)CNC(=O)c1ccc(-c2c3nc(c(-c4ccc(C(=O)NCC(=O)NC(CCC(N)=O)C(=O)O)cc4)c4ccc([nH]4)c(-c4ccc(C(=O)NCC(=O)NC(CCC(N)=O)C(=O)O)cc4)c4nc(c(-c5ccc(C(=O)NCC(=O)NC(CCC(N)=O)C(=O)O)cc5)c5ccc2[nH]5)C=C4)C=C3)cc1)C(=O)O. The first kappa shape index (κ1) is 81.1. The van der Waals surface area contributed by atoms with Crippen molar-refractivity contribution in [1.29, 1.82) is 0 Å². The van der Waals surface area contributed by atoms with E-state index in [1.54, 1.807) is 97.1 Å².